The minimum atomic E-state index is -4.40. The second-order valence-electron chi connectivity index (χ2n) is 6.76. The molecule has 2 aromatic carbocycles. The first-order valence-electron chi connectivity index (χ1n) is 8.59. The topological polar surface area (TPSA) is 63.8 Å². The van der Waals surface area contributed by atoms with E-state index in [-0.39, 0.29) is 16.8 Å². The molecule has 0 bridgehead atoms. The Hall–Kier alpha value is -2.61. The van der Waals surface area contributed by atoms with Crippen molar-refractivity contribution in [2.75, 3.05) is 11.1 Å². The molecule has 1 unspecified atom stereocenters. The Labute approximate surface area is 162 Å². The van der Waals surface area contributed by atoms with Gasteiger partial charge in [-0.05, 0) is 48.1 Å². The molecule has 0 aliphatic heterocycles. The van der Waals surface area contributed by atoms with Crippen molar-refractivity contribution in [3.8, 4) is 11.1 Å². The Bertz CT molecular complexity index is 1050. The zero-order chi connectivity index (χ0) is 20.1. The molecule has 1 fully saturated rings. The van der Waals surface area contributed by atoms with Crippen LogP contribution in [0, 0.1) is 11.7 Å². The molecule has 1 aliphatic carbocycles. The van der Waals surface area contributed by atoms with Gasteiger partial charge in [0.2, 0.25) is 5.95 Å². The van der Waals surface area contributed by atoms with Crippen molar-refractivity contribution in [2.24, 2.45) is 5.92 Å². The van der Waals surface area contributed by atoms with Crippen molar-refractivity contribution < 1.29 is 17.6 Å². The maximum absolute atomic E-state index is 13.5. The highest BCUT2D eigenvalue weighted by Gasteiger charge is 2.49. The molecule has 0 amide bonds. The first-order valence-corrected chi connectivity index (χ1v) is 8.97. The number of alkyl halides is 3. The van der Waals surface area contributed by atoms with E-state index in [9.17, 15) is 17.6 Å². The molecule has 1 aromatic heterocycles. The minimum Gasteiger partial charge on any atom is -0.383 e. The number of nitrogens with zero attached hydrogens (tertiary/aromatic N) is 2. The van der Waals surface area contributed by atoms with E-state index in [0.717, 1.165) is 0 Å². The summed E-state index contributed by atoms with van der Waals surface area (Å²) in [6.45, 7) is 0. The molecule has 146 valence electrons. The highest BCUT2D eigenvalue weighted by atomic mass is 35.5. The van der Waals surface area contributed by atoms with E-state index in [1.807, 2.05) is 0 Å². The summed E-state index contributed by atoms with van der Waals surface area (Å²) < 4.78 is 53.3. The van der Waals surface area contributed by atoms with Crippen LogP contribution in [0.1, 0.15) is 12.8 Å². The summed E-state index contributed by atoms with van der Waals surface area (Å²) in [6.07, 6.45) is -3.38. The van der Waals surface area contributed by atoms with Gasteiger partial charge in [0, 0.05) is 0 Å². The van der Waals surface area contributed by atoms with Crippen molar-refractivity contribution >= 4 is 34.3 Å². The molecule has 4 nitrogen and oxygen atoms in total. The van der Waals surface area contributed by atoms with Gasteiger partial charge in [0.1, 0.15) is 17.7 Å². The number of hydrogen-bond donors (Lipinski definition) is 2. The van der Waals surface area contributed by atoms with Gasteiger partial charge in [0.05, 0.1) is 15.9 Å². The maximum atomic E-state index is 13.5. The molecule has 9 heteroatoms. The summed E-state index contributed by atoms with van der Waals surface area (Å²) >= 11 is 5.86. The predicted molar refractivity (Wildman–Crippen MR) is 101 cm³/mol. The van der Waals surface area contributed by atoms with Crippen LogP contribution in [0.2, 0.25) is 5.02 Å². The van der Waals surface area contributed by atoms with Crippen LogP contribution in [0.5, 0.6) is 0 Å². The van der Waals surface area contributed by atoms with Crippen LogP contribution in [-0.2, 0) is 0 Å². The highest BCUT2D eigenvalue weighted by molar-refractivity contribution is 6.31. The largest absolute Gasteiger partial charge is 0.408 e. The Morgan fingerprint density at radius 3 is 2.54 bits per heavy atom. The first kappa shape index (κ1) is 18.7. The van der Waals surface area contributed by atoms with E-state index in [4.69, 9.17) is 17.3 Å². The van der Waals surface area contributed by atoms with Crippen molar-refractivity contribution in [2.45, 2.75) is 25.1 Å². The van der Waals surface area contributed by atoms with Crippen LogP contribution in [0.3, 0.4) is 0 Å². The lowest BCUT2D eigenvalue weighted by molar-refractivity contribution is -0.146. The normalized spacial score (nSPS) is 15.6. The summed E-state index contributed by atoms with van der Waals surface area (Å²) in [6, 6.07) is 7.57. The number of nitrogens with one attached hydrogen (secondary N) is 1. The molecule has 1 saturated carbocycles. The summed E-state index contributed by atoms with van der Waals surface area (Å²) in [5, 5.41) is 2.80. The Morgan fingerprint density at radius 2 is 1.89 bits per heavy atom. The summed E-state index contributed by atoms with van der Waals surface area (Å²) in [7, 11) is 0. The van der Waals surface area contributed by atoms with Gasteiger partial charge in [-0.15, -0.1) is 0 Å². The fourth-order valence-electron chi connectivity index (χ4n) is 3.22. The molecule has 3 N–H and O–H groups in total. The molecule has 0 spiro atoms. The molecule has 28 heavy (non-hydrogen) atoms. The zero-order valence-electron chi connectivity index (χ0n) is 14.4. The standard InChI is InChI=1S/C19H15ClF4N4/c20-12-8-10(6-7-13(12)21)11-2-1-3-14-15(11)17(25)28-18(26-14)27-16(9-4-5-9)19(22,23)24/h1-3,6-9,16H,4-5H2,(H3,25,26,27,28). The Balaban J connectivity index is 1.77. The van der Waals surface area contributed by atoms with E-state index in [2.05, 4.69) is 15.3 Å². The molecular formula is C19H15ClF4N4. The fraction of sp³-hybridized carbons (Fsp3) is 0.263. The minimum absolute atomic E-state index is 0.0280. The second-order valence-corrected chi connectivity index (χ2v) is 7.17. The van der Waals surface area contributed by atoms with E-state index < -0.39 is 24.0 Å². The van der Waals surface area contributed by atoms with Crippen molar-refractivity contribution in [3.63, 3.8) is 0 Å². The van der Waals surface area contributed by atoms with E-state index >= 15 is 0 Å². The third-order valence-corrected chi connectivity index (χ3v) is 5.00. The van der Waals surface area contributed by atoms with E-state index in [1.54, 1.807) is 18.2 Å². The molecule has 1 aliphatic rings. The smallest absolute Gasteiger partial charge is 0.383 e. The molecule has 4 rings (SSSR count). The van der Waals surface area contributed by atoms with Crippen molar-refractivity contribution in [1.82, 2.24) is 9.97 Å². The number of halogens is 5. The van der Waals surface area contributed by atoms with Gasteiger partial charge >= 0.3 is 6.18 Å². The Morgan fingerprint density at radius 1 is 1.14 bits per heavy atom. The van der Waals surface area contributed by atoms with Crippen LogP contribution < -0.4 is 11.1 Å². The van der Waals surface area contributed by atoms with Gasteiger partial charge in [-0.1, -0.05) is 29.8 Å². The molecule has 0 radical (unpaired) electrons. The molecule has 1 heterocycles. The summed E-state index contributed by atoms with van der Waals surface area (Å²) in [4.78, 5) is 8.26. The van der Waals surface area contributed by atoms with E-state index in [1.165, 1.54) is 18.2 Å². The molecule has 3 aromatic rings. The third-order valence-electron chi connectivity index (χ3n) is 4.71. The van der Waals surface area contributed by atoms with Gasteiger partial charge in [0.15, 0.2) is 0 Å². The van der Waals surface area contributed by atoms with Crippen molar-refractivity contribution in [1.29, 1.82) is 0 Å². The van der Waals surface area contributed by atoms with Gasteiger partial charge < -0.3 is 11.1 Å². The number of nitrogens with two attached hydrogens (primary N) is 1. The van der Waals surface area contributed by atoms with Gasteiger partial charge in [-0.25, -0.2) is 9.37 Å². The second kappa shape index (κ2) is 6.77. The first-order chi connectivity index (χ1) is 13.2. The average Bonchev–Trinajstić information content (AvgIpc) is 3.45. The number of hydrogen-bond acceptors (Lipinski definition) is 4. The SMILES string of the molecule is Nc1nc(NC(C2CC2)C(F)(F)F)nc2cccc(-c3ccc(F)c(Cl)c3)c12. The maximum Gasteiger partial charge on any atom is 0.408 e. The van der Waals surface area contributed by atoms with Gasteiger partial charge in [-0.3, -0.25) is 0 Å². The van der Waals surface area contributed by atoms with Gasteiger partial charge in [-0.2, -0.15) is 18.2 Å². The monoisotopic (exact) mass is 410 g/mol. The average molecular weight is 411 g/mol. The quantitative estimate of drug-likeness (QED) is 0.563. The number of benzene rings is 2. The summed E-state index contributed by atoms with van der Waals surface area (Å²) in [5.74, 6) is -1.18. The number of aromatic nitrogens is 2. The predicted octanol–water partition coefficient (Wildman–Crippen LogP) is 5.42. The lowest BCUT2D eigenvalue weighted by Gasteiger charge is -2.21. The number of nitrogen functional groups attached to an aromatic ring is 1. The number of fused-ring (bicyclic) bond motifs is 1. The van der Waals surface area contributed by atoms with Crippen LogP contribution in [0.15, 0.2) is 36.4 Å². The van der Waals surface area contributed by atoms with Crippen LogP contribution in [0.25, 0.3) is 22.0 Å². The van der Waals surface area contributed by atoms with Crippen LogP contribution in [0.4, 0.5) is 29.3 Å². The summed E-state index contributed by atoms with van der Waals surface area (Å²) in [5.41, 5.74) is 7.65. The fourth-order valence-corrected chi connectivity index (χ4v) is 3.40. The molecule has 1 atom stereocenters. The lowest BCUT2D eigenvalue weighted by atomic mass is 10.0. The number of anilines is 2. The lowest BCUT2D eigenvalue weighted by Crippen LogP contribution is -2.38. The van der Waals surface area contributed by atoms with Gasteiger partial charge in [0.25, 0.3) is 0 Å². The van der Waals surface area contributed by atoms with Crippen LogP contribution >= 0.6 is 11.6 Å². The van der Waals surface area contributed by atoms with Crippen molar-refractivity contribution in [3.05, 3.63) is 47.2 Å². The molecule has 0 saturated heterocycles. The highest BCUT2D eigenvalue weighted by Crippen LogP contribution is 2.42. The Kier molecular flexibility index (Phi) is 4.53. The zero-order valence-corrected chi connectivity index (χ0v) is 15.2. The van der Waals surface area contributed by atoms with E-state index in [0.29, 0.717) is 34.9 Å². The third kappa shape index (κ3) is 3.56. The van der Waals surface area contributed by atoms with Crippen LogP contribution in [-0.4, -0.2) is 22.2 Å². The molecular weight excluding hydrogens is 396 g/mol. The number of rotatable bonds is 4.